The standard InChI is InChI=1S/C19H14N2O/c1-2-6-16(7-3-1)22-17-12-10-15(11-13-17)21-14-20-18-8-4-5-9-19(18)21/h1-14H. The van der Waals surface area contributed by atoms with E-state index in [-0.39, 0.29) is 0 Å². The van der Waals surface area contributed by atoms with Gasteiger partial charge in [-0.3, -0.25) is 4.57 Å². The van der Waals surface area contributed by atoms with E-state index in [9.17, 15) is 0 Å². The monoisotopic (exact) mass is 286 g/mol. The zero-order valence-corrected chi connectivity index (χ0v) is 11.9. The van der Waals surface area contributed by atoms with Crippen LogP contribution in [0, 0.1) is 0 Å². The van der Waals surface area contributed by atoms with E-state index in [0.717, 1.165) is 28.2 Å². The summed E-state index contributed by atoms with van der Waals surface area (Å²) in [6.45, 7) is 0. The summed E-state index contributed by atoms with van der Waals surface area (Å²) in [5, 5.41) is 0. The third-order valence-corrected chi connectivity index (χ3v) is 3.55. The van der Waals surface area contributed by atoms with Crippen LogP contribution in [0.25, 0.3) is 16.7 Å². The van der Waals surface area contributed by atoms with Crippen molar-refractivity contribution in [2.24, 2.45) is 0 Å². The van der Waals surface area contributed by atoms with E-state index in [1.807, 2.05) is 79.1 Å². The van der Waals surface area contributed by atoms with Gasteiger partial charge in [-0.2, -0.15) is 0 Å². The lowest BCUT2D eigenvalue weighted by Gasteiger charge is -2.08. The number of nitrogens with zero attached hydrogens (tertiary/aromatic N) is 2. The van der Waals surface area contributed by atoms with E-state index >= 15 is 0 Å². The molecular formula is C19H14N2O. The van der Waals surface area contributed by atoms with Crippen LogP contribution in [0.1, 0.15) is 0 Å². The molecule has 1 aromatic heterocycles. The highest BCUT2D eigenvalue weighted by molar-refractivity contribution is 5.77. The maximum absolute atomic E-state index is 5.81. The van der Waals surface area contributed by atoms with Crippen molar-refractivity contribution in [3.8, 4) is 17.2 Å². The number of ether oxygens (including phenoxy) is 1. The average molecular weight is 286 g/mol. The van der Waals surface area contributed by atoms with Gasteiger partial charge in [0, 0.05) is 5.69 Å². The summed E-state index contributed by atoms with van der Waals surface area (Å²) in [5.41, 5.74) is 3.15. The van der Waals surface area contributed by atoms with Crippen LogP contribution in [-0.2, 0) is 0 Å². The molecule has 3 aromatic carbocycles. The maximum atomic E-state index is 5.81. The second-order valence-electron chi connectivity index (χ2n) is 5.01. The molecule has 0 saturated carbocycles. The fourth-order valence-electron chi connectivity index (χ4n) is 2.46. The first-order valence-electron chi connectivity index (χ1n) is 7.15. The Hall–Kier alpha value is -3.07. The molecule has 0 bridgehead atoms. The van der Waals surface area contributed by atoms with Gasteiger partial charge in [-0.25, -0.2) is 4.98 Å². The van der Waals surface area contributed by atoms with Gasteiger partial charge in [-0.05, 0) is 48.5 Å². The van der Waals surface area contributed by atoms with Gasteiger partial charge in [-0.1, -0.05) is 30.3 Å². The highest BCUT2D eigenvalue weighted by Gasteiger charge is 2.04. The third kappa shape index (κ3) is 2.33. The summed E-state index contributed by atoms with van der Waals surface area (Å²) in [6.07, 6.45) is 1.84. The molecule has 0 aliphatic rings. The minimum absolute atomic E-state index is 0.819. The summed E-state index contributed by atoms with van der Waals surface area (Å²) in [7, 11) is 0. The summed E-state index contributed by atoms with van der Waals surface area (Å²) in [4.78, 5) is 4.42. The van der Waals surface area contributed by atoms with Crippen molar-refractivity contribution in [3.63, 3.8) is 0 Å². The number of benzene rings is 3. The molecule has 0 radical (unpaired) electrons. The molecule has 3 nitrogen and oxygen atoms in total. The van der Waals surface area contributed by atoms with E-state index in [2.05, 4.69) is 15.6 Å². The Balaban J connectivity index is 1.64. The first-order chi connectivity index (χ1) is 10.9. The lowest BCUT2D eigenvalue weighted by atomic mass is 10.2. The molecule has 22 heavy (non-hydrogen) atoms. The van der Waals surface area contributed by atoms with Crippen molar-refractivity contribution in [1.82, 2.24) is 9.55 Å². The number of aromatic nitrogens is 2. The highest BCUT2D eigenvalue weighted by atomic mass is 16.5. The van der Waals surface area contributed by atoms with Crippen molar-refractivity contribution >= 4 is 11.0 Å². The minimum atomic E-state index is 0.819. The SMILES string of the molecule is c1ccc(Oc2ccc(-n3cnc4ccccc43)cc2)cc1. The van der Waals surface area contributed by atoms with Gasteiger partial charge in [0.05, 0.1) is 11.0 Å². The quantitative estimate of drug-likeness (QED) is 0.540. The maximum Gasteiger partial charge on any atom is 0.127 e. The lowest BCUT2D eigenvalue weighted by Crippen LogP contribution is -1.92. The molecule has 0 atom stereocenters. The molecule has 4 rings (SSSR count). The zero-order valence-electron chi connectivity index (χ0n) is 11.9. The molecule has 0 aliphatic heterocycles. The second-order valence-corrected chi connectivity index (χ2v) is 5.01. The van der Waals surface area contributed by atoms with Crippen LogP contribution >= 0.6 is 0 Å². The summed E-state index contributed by atoms with van der Waals surface area (Å²) >= 11 is 0. The first-order valence-corrected chi connectivity index (χ1v) is 7.15. The smallest absolute Gasteiger partial charge is 0.127 e. The van der Waals surface area contributed by atoms with Crippen LogP contribution in [0.4, 0.5) is 0 Å². The second kappa shape index (κ2) is 5.37. The van der Waals surface area contributed by atoms with Crippen molar-refractivity contribution < 1.29 is 4.74 Å². The van der Waals surface area contributed by atoms with Gasteiger partial charge in [0.2, 0.25) is 0 Å². The summed E-state index contributed by atoms with van der Waals surface area (Å²) in [5.74, 6) is 1.66. The number of fused-ring (bicyclic) bond motifs is 1. The highest BCUT2D eigenvalue weighted by Crippen LogP contribution is 2.24. The molecular weight excluding hydrogens is 272 g/mol. The van der Waals surface area contributed by atoms with Gasteiger partial charge in [0.25, 0.3) is 0 Å². The Bertz CT molecular complexity index is 896. The van der Waals surface area contributed by atoms with E-state index in [0.29, 0.717) is 0 Å². The molecule has 0 aliphatic carbocycles. The van der Waals surface area contributed by atoms with Gasteiger partial charge >= 0.3 is 0 Å². The normalized spacial score (nSPS) is 10.7. The zero-order chi connectivity index (χ0) is 14.8. The van der Waals surface area contributed by atoms with Crippen LogP contribution in [0.15, 0.2) is 85.2 Å². The molecule has 106 valence electrons. The summed E-state index contributed by atoms with van der Waals surface area (Å²) < 4.78 is 7.88. The largest absolute Gasteiger partial charge is 0.457 e. The van der Waals surface area contributed by atoms with Gasteiger partial charge < -0.3 is 4.74 Å². The van der Waals surface area contributed by atoms with Gasteiger partial charge in [-0.15, -0.1) is 0 Å². The Kier molecular flexibility index (Phi) is 3.09. The fraction of sp³-hybridized carbons (Fsp3) is 0. The molecule has 0 N–H and O–H groups in total. The van der Waals surface area contributed by atoms with Crippen LogP contribution in [-0.4, -0.2) is 9.55 Å². The topological polar surface area (TPSA) is 27.1 Å². The molecule has 0 amide bonds. The van der Waals surface area contributed by atoms with Crippen molar-refractivity contribution in [3.05, 3.63) is 85.2 Å². The van der Waals surface area contributed by atoms with E-state index in [1.54, 1.807) is 0 Å². The molecule has 0 fully saturated rings. The van der Waals surface area contributed by atoms with Crippen LogP contribution in [0.3, 0.4) is 0 Å². The van der Waals surface area contributed by atoms with Gasteiger partial charge in [0.15, 0.2) is 0 Å². The Morgan fingerprint density at radius 1 is 0.682 bits per heavy atom. The molecule has 0 unspecified atom stereocenters. The number of hydrogen-bond donors (Lipinski definition) is 0. The average Bonchev–Trinajstić information content (AvgIpc) is 3.01. The molecule has 3 heteroatoms. The number of hydrogen-bond acceptors (Lipinski definition) is 2. The number of para-hydroxylation sites is 3. The minimum Gasteiger partial charge on any atom is -0.457 e. The molecule has 1 heterocycles. The fourth-order valence-corrected chi connectivity index (χ4v) is 2.46. The van der Waals surface area contributed by atoms with Crippen LogP contribution < -0.4 is 4.74 Å². The van der Waals surface area contributed by atoms with Crippen LogP contribution in [0.2, 0.25) is 0 Å². The first kappa shape index (κ1) is 12.7. The molecule has 0 spiro atoms. The Morgan fingerprint density at radius 3 is 2.18 bits per heavy atom. The van der Waals surface area contributed by atoms with Gasteiger partial charge in [0.1, 0.15) is 17.8 Å². The van der Waals surface area contributed by atoms with Crippen molar-refractivity contribution in [1.29, 1.82) is 0 Å². The number of imidazole rings is 1. The number of rotatable bonds is 3. The predicted molar refractivity (Wildman–Crippen MR) is 87.6 cm³/mol. The van der Waals surface area contributed by atoms with E-state index in [4.69, 9.17) is 4.74 Å². The van der Waals surface area contributed by atoms with E-state index < -0.39 is 0 Å². The van der Waals surface area contributed by atoms with Crippen LogP contribution in [0.5, 0.6) is 11.5 Å². The third-order valence-electron chi connectivity index (χ3n) is 3.55. The molecule has 4 aromatic rings. The lowest BCUT2D eigenvalue weighted by molar-refractivity contribution is 0.482. The Labute approximate surface area is 128 Å². The Morgan fingerprint density at radius 2 is 1.36 bits per heavy atom. The predicted octanol–water partition coefficient (Wildman–Crippen LogP) is 4.82. The van der Waals surface area contributed by atoms with Crippen molar-refractivity contribution in [2.75, 3.05) is 0 Å². The van der Waals surface area contributed by atoms with Crippen molar-refractivity contribution in [2.45, 2.75) is 0 Å². The molecule has 0 saturated heterocycles. The summed E-state index contributed by atoms with van der Waals surface area (Å²) in [6, 6.07) is 25.9. The van der Waals surface area contributed by atoms with E-state index in [1.165, 1.54) is 0 Å².